The zero-order valence-corrected chi connectivity index (χ0v) is 10.2. The van der Waals surface area contributed by atoms with Crippen LogP contribution in [0.2, 0.25) is 0 Å². The molecule has 3 saturated carbocycles. The molecular formula is C17H20. The molecule has 6 rings (SSSR count). The SMILES string of the molecule is C1=C[C@@H]2[C@H](C=C1)[C@@H]1C=C[C@H]2[C@H]2[C@H]3CC[C@H](C3)[C@@H]12. The summed E-state index contributed by atoms with van der Waals surface area (Å²) >= 11 is 0. The van der Waals surface area contributed by atoms with Crippen LogP contribution in [0.1, 0.15) is 19.3 Å². The van der Waals surface area contributed by atoms with Crippen molar-refractivity contribution in [1.82, 2.24) is 0 Å². The molecule has 6 aliphatic carbocycles. The second kappa shape index (κ2) is 2.96. The van der Waals surface area contributed by atoms with Crippen molar-refractivity contribution in [3.8, 4) is 0 Å². The maximum atomic E-state index is 2.59. The lowest BCUT2D eigenvalue weighted by Gasteiger charge is -2.54. The molecule has 0 nitrogen and oxygen atoms in total. The lowest BCUT2D eigenvalue weighted by atomic mass is 9.50. The zero-order valence-electron chi connectivity index (χ0n) is 10.2. The van der Waals surface area contributed by atoms with Crippen LogP contribution in [0.4, 0.5) is 0 Å². The molecule has 0 aliphatic heterocycles. The predicted molar refractivity (Wildman–Crippen MR) is 69.2 cm³/mol. The Labute approximate surface area is 103 Å². The van der Waals surface area contributed by atoms with Crippen molar-refractivity contribution < 1.29 is 0 Å². The zero-order chi connectivity index (χ0) is 11.0. The molecule has 0 saturated heterocycles. The third kappa shape index (κ3) is 0.975. The number of hydrogen-bond donors (Lipinski definition) is 0. The van der Waals surface area contributed by atoms with Crippen LogP contribution in [0.15, 0.2) is 36.5 Å². The van der Waals surface area contributed by atoms with Crippen LogP contribution < -0.4 is 0 Å². The Morgan fingerprint density at radius 2 is 1.12 bits per heavy atom. The van der Waals surface area contributed by atoms with Gasteiger partial charge in [0.2, 0.25) is 0 Å². The van der Waals surface area contributed by atoms with E-state index in [1.54, 1.807) is 19.3 Å². The van der Waals surface area contributed by atoms with Crippen molar-refractivity contribution in [2.75, 3.05) is 0 Å². The van der Waals surface area contributed by atoms with E-state index in [1.165, 1.54) is 0 Å². The highest BCUT2D eigenvalue weighted by Crippen LogP contribution is 2.66. The molecule has 8 atom stereocenters. The van der Waals surface area contributed by atoms with Crippen LogP contribution in [-0.2, 0) is 0 Å². The second-order valence-corrected chi connectivity index (χ2v) is 6.95. The summed E-state index contributed by atoms with van der Waals surface area (Å²) < 4.78 is 0. The van der Waals surface area contributed by atoms with Crippen LogP contribution in [0.3, 0.4) is 0 Å². The Hall–Kier alpha value is -0.780. The van der Waals surface area contributed by atoms with E-state index in [9.17, 15) is 0 Å². The first-order valence-electron chi connectivity index (χ1n) is 7.47. The van der Waals surface area contributed by atoms with Gasteiger partial charge in [-0.1, -0.05) is 36.5 Å². The van der Waals surface area contributed by atoms with Crippen molar-refractivity contribution in [2.24, 2.45) is 47.3 Å². The Morgan fingerprint density at radius 1 is 0.588 bits per heavy atom. The second-order valence-electron chi connectivity index (χ2n) is 6.95. The third-order valence-electron chi connectivity index (χ3n) is 6.60. The van der Waals surface area contributed by atoms with Gasteiger partial charge >= 0.3 is 0 Å². The maximum absolute atomic E-state index is 2.59. The van der Waals surface area contributed by atoms with Crippen LogP contribution in [0.5, 0.6) is 0 Å². The summed E-state index contributed by atoms with van der Waals surface area (Å²) in [6.07, 6.45) is 19.4. The van der Waals surface area contributed by atoms with E-state index in [-0.39, 0.29) is 0 Å². The van der Waals surface area contributed by atoms with Crippen LogP contribution in [-0.4, -0.2) is 0 Å². The summed E-state index contributed by atoms with van der Waals surface area (Å²) in [7, 11) is 0. The van der Waals surface area contributed by atoms with E-state index >= 15 is 0 Å². The molecule has 0 heteroatoms. The van der Waals surface area contributed by atoms with E-state index in [0.717, 1.165) is 47.3 Å². The standard InChI is InChI=1S/C17H20/c1-2-4-13-12(3-1)14-7-8-15(13)17-11-6-5-10(9-11)16(14)17/h1-4,7-8,10-17H,5-6,9H2/t10-,11+,12+,13-,14+,15-,16+,17-. The smallest absolute Gasteiger partial charge is 0.00957 e. The lowest BCUT2D eigenvalue weighted by molar-refractivity contribution is 0.0115. The molecule has 0 aromatic carbocycles. The summed E-state index contributed by atoms with van der Waals surface area (Å²) in [6.45, 7) is 0. The molecule has 0 heterocycles. The minimum atomic E-state index is 0.843. The first-order valence-corrected chi connectivity index (χ1v) is 7.47. The Morgan fingerprint density at radius 3 is 1.65 bits per heavy atom. The van der Waals surface area contributed by atoms with Crippen molar-refractivity contribution in [1.29, 1.82) is 0 Å². The van der Waals surface area contributed by atoms with Gasteiger partial charge in [0.15, 0.2) is 0 Å². The van der Waals surface area contributed by atoms with E-state index in [4.69, 9.17) is 0 Å². The summed E-state index contributed by atoms with van der Waals surface area (Å²) in [5.41, 5.74) is 0. The van der Waals surface area contributed by atoms with Gasteiger partial charge < -0.3 is 0 Å². The monoisotopic (exact) mass is 224 g/mol. The van der Waals surface area contributed by atoms with Gasteiger partial charge in [-0.2, -0.15) is 0 Å². The number of hydrogen-bond acceptors (Lipinski definition) is 0. The van der Waals surface area contributed by atoms with E-state index < -0.39 is 0 Å². The molecule has 0 N–H and O–H groups in total. The van der Waals surface area contributed by atoms with Crippen molar-refractivity contribution in [2.45, 2.75) is 19.3 Å². The van der Waals surface area contributed by atoms with Gasteiger partial charge in [-0.05, 0) is 66.6 Å². The molecular weight excluding hydrogens is 204 g/mol. The largest absolute Gasteiger partial charge is 0.0842 e. The van der Waals surface area contributed by atoms with Crippen LogP contribution in [0.25, 0.3) is 0 Å². The van der Waals surface area contributed by atoms with Crippen molar-refractivity contribution in [3.05, 3.63) is 36.5 Å². The van der Waals surface area contributed by atoms with Crippen LogP contribution >= 0.6 is 0 Å². The minimum Gasteiger partial charge on any atom is -0.0842 e. The molecule has 0 amide bonds. The maximum Gasteiger partial charge on any atom is -0.00957 e. The fourth-order valence-electron chi connectivity index (χ4n) is 6.22. The van der Waals surface area contributed by atoms with Crippen molar-refractivity contribution >= 4 is 0 Å². The molecule has 0 radical (unpaired) electrons. The lowest BCUT2D eigenvalue weighted by Crippen LogP contribution is -2.49. The normalized spacial score (nSPS) is 60.7. The third-order valence-corrected chi connectivity index (χ3v) is 6.60. The average Bonchev–Trinajstić information content (AvgIpc) is 3.02. The van der Waals surface area contributed by atoms with Gasteiger partial charge in [0.1, 0.15) is 0 Å². The quantitative estimate of drug-likeness (QED) is 0.549. The number of rotatable bonds is 0. The van der Waals surface area contributed by atoms with Gasteiger partial charge in [0.25, 0.3) is 0 Å². The summed E-state index contributed by atoms with van der Waals surface area (Å²) in [4.78, 5) is 0. The molecule has 88 valence electrons. The number of allylic oxidation sites excluding steroid dienone is 6. The minimum absolute atomic E-state index is 0.843. The van der Waals surface area contributed by atoms with Gasteiger partial charge in [0, 0.05) is 0 Å². The Balaban J connectivity index is 1.64. The van der Waals surface area contributed by atoms with Crippen LogP contribution in [0, 0.1) is 47.3 Å². The highest BCUT2D eigenvalue weighted by molar-refractivity contribution is 5.29. The highest BCUT2D eigenvalue weighted by Gasteiger charge is 2.59. The molecule has 3 fully saturated rings. The molecule has 17 heavy (non-hydrogen) atoms. The topological polar surface area (TPSA) is 0 Å². The fourth-order valence-corrected chi connectivity index (χ4v) is 6.22. The molecule has 0 spiro atoms. The van der Waals surface area contributed by atoms with E-state index in [2.05, 4.69) is 36.5 Å². The first-order chi connectivity index (χ1) is 8.43. The van der Waals surface area contributed by atoms with E-state index in [1.807, 2.05) is 0 Å². The number of fused-ring (bicyclic) bond motifs is 2. The predicted octanol–water partition coefficient (Wildman–Crippen LogP) is 3.82. The first kappa shape index (κ1) is 9.19. The van der Waals surface area contributed by atoms with Gasteiger partial charge in [-0.25, -0.2) is 0 Å². The molecule has 0 aromatic heterocycles. The highest BCUT2D eigenvalue weighted by atomic mass is 14.6. The summed E-state index contributed by atoms with van der Waals surface area (Å²) in [5, 5.41) is 0. The molecule has 0 aromatic rings. The van der Waals surface area contributed by atoms with Gasteiger partial charge in [0.05, 0.1) is 0 Å². The summed E-state index contributed by atoms with van der Waals surface area (Å²) in [6, 6.07) is 0. The fraction of sp³-hybridized carbons (Fsp3) is 0.647. The Bertz CT molecular complexity index is 401. The molecule has 4 bridgehead atoms. The van der Waals surface area contributed by atoms with Gasteiger partial charge in [-0.3, -0.25) is 0 Å². The summed E-state index contributed by atoms with van der Waals surface area (Å²) in [5.74, 6) is 7.73. The Kier molecular flexibility index (Phi) is 1.60. The molecule has 6 aliphatic rings. The van der Waals surface area contributed by atoms with Crippen molar-refractivity contribution in [3.63, 3.8) is 0 Å². The van der Waals surface area contributed by atoms with E-state index in [0.29, 0.717) is 0 Å². The van der Waals surface area contributed by atoms with Gasteiger partial charge in [-0.15, -0.1) is 0 Å². The molecule has 0 unspecified atom stereocenters. The average molecular weight is 224 g/mol.